The van der Waals surface area contributed by atoms with Crippen molar-refractivity contribution in [2.24, 2.45) is 0 Å². The molecule has 0 aliphatic carbocycles. The smallest absolute Gasteiger partial charge is 0.217 e. The summed E-state index contributed by atoms with van der Waals surface area (Å²) in [5.74, 6) is -0.327. The third kappa shape index (κ3) is 2.10. The number of pyridine rings is 1. The fraction of sp³-hybridized carbons (Fsp3) is 0.545. The first-order valence-electron chi connectivity index (χ1n) is 5.22. The minimum Gasteiger partial charge on any atom is -0.310 e. The van der Waals surface area contributed by atoms with Gasteiger partial charge in [-0.2, -0.15) is 4.39 Å². The Hall–Kier alpha value is -0.960. The molecule has 1 N–H and O–H groups in total. The number of nitrogens with one attached hydrogen (secondary N) is 1. The molecule has 0 radical (unpaired) electrons. The summed E-state index contributed by atoms with van der Waals surface area (Å²) in [5.41, 5.74) is 0.717. The van der Waals surface area contributed by atoms with Gasteiger partial charge < -0.3 is 5.32 Å². The van der Waals surface area contributed by atoms with Crippen molar-refractivity contribution in [2.45, 2.75) is 31.7 Å². The van der Waals surface area contributed by atoms with Gasteiger partial charge in [-0.3, -0.25) is 0 Å². The first-order chi connectivity index (χ1) is 6.88. The van der Waals surface area contributed by atoms with Crippen LogP contribution < -0.4 is 5.32 Å². The molecule has 0 aromatic carbocycles. The topological polar surface area (TPSA) is 24.9 Å². The third-order valence-corrected chi connectivity index (χ3v) is 2.72. The predicted molar refractivity (Wildman–Crippen MR) is 53.4 cm³/mol. The summed E-state index contributed by atoms with van der Waals surface area (Å²) < 4.78 is 13.4. The normalized spacial score (nSPS) is 23.1. The van der Waals surface area contributed by atoms with Gasteiger partial charge >= 0.3 is 0 Å². The van der Waals surface area contributed by atoms with Crippen molar-refractivity contribution in [1.82, 2.24) is 10.3 Å². The van der Waals surface area contributed by atoms with Crippen molar-refractivity contribution in [2.75, 3.05) is 6.54 Å². The SMILES string of the molecule is Fc1ncccc1C1CCCCCN1. The Bertz CT molecular complexity index is 293. The Balaban J connectivity index is 2.16. The van der Waals surface area contributed by atoms with Crippen molar-refractivity contribution in [3.63, 3.8) is 0 Å². The maximum atomic E-state index is 13.4. The first-order valence-corrected chi connectivity index (χ1v) is 5.22. The molecule has 1 aromatic rings. The maximum Gasteiger partial charge on any atom is 0.217 e. The lowest BCUT2D eigenvalue weighted by Gasteiger charge is -2.15. The minimum atomic E-state index is -0.327. The van der Waals surface area contributed by atoms with E-state index in [-0.39, 0.29) is 12.0 Å². The minimum absolute atomic E-state index is 0.159. The van der Waals surface area contributed by atoms with E-state index >= 15 is 0 Å². The second-order valence-electron chi connectivity index (χ2n) is 3.74. The summed E-state index contributed by atoms with van der Waals surface area (Å²) in [6.07, 6.45) is 6.12. The first kappa shape index (κ1) is 9.59. The summed E-state index contributed by atoms with van der Waals surface area (Å²) in [5, 5.41) is 3.36. The summed E-state index contributed by atoms with van der Waals surface area (Å²) in [7, 11) is 0. The highest BCUT2D eigenvalue weighted by molar-refractivity contribution is 5.15. The lowest BCUT2D eigenvalue weighted by Crippen LogP contribution is -2.21. The van der Waals surface area contributed by atoms with E-state index in [9.17, 15) is 4.39 Å². The molecule has 0 spiro atoms. The van der Waals surface area contributed by atoms with E-state index in [1.165, 1.54) is 25.5 Å². The Morgan fingerprint density at radius 3 is 3.14 bits per heavy atom. The van der Waals surface area contributed by atoms with Crippen LogP contribution >= 0.6 is 0 Å². The zero-order valence-corrected chi connectivity index (χ0v) is 8.17. The van der Waals surface area contributed by atoms with Crippen LogP contribution in [0.5, 0.6) is 0 Å². The lowest BCUT2D eigenvalue weighted by molar-refractivity contribution is 0.483. The van der Waals surface area contributed by atoms with Gasteiger partial charge in [0.25, 0.3) is 0 Å². The van der Waals surface area contributed by atoms with Gasteiger partial charge in [-0.25, -0.2) is 4.98 Å². The molecule has 2 heterocycles. The molecule has 14 heavy (non-hydrogen) atoms. The van der Waals surface area contributed by atoms with Crippen LogP contribution in [0.4, 0.5) is 4.39 Å². The number of rotatable bonds is 1. The summed E-state index contributed by atoms with van der Waals surface area (Å²) in [6, 6.07) is 3.78. The molecule has 0 bridgehead atoms. The summed E-state index contributed by atoms with van der Waals surface area (Å²) >= 11 is 0. The molecule has 1 saturated heterocycles. The van der Waals surface area contributed by atoms with Gasteiger partial charge in [0.1, 0.15) is 0 Å². The van der Waals surface area contributed by atoms with Gasteiger partial charge in [0, 0.05) is 17.8 Å². The van der Waals surface area contributed by atoms with Gasteiger partial charge in [0.2, 0.25) is 5.95 Å². The van der Waals surface area contributed by atoms with Crippen molar-refractivity contribution in [1.29, 1.82) is 0 Å². The van der Waals surface area contributed by atoms with E-state index < -0.39 is 0 Å². The predicted octanol–water partition coefficient (Wildman–Crippen LogP) is 2.43. The van der Waals surface area contributed by atoms with Crippen molar-refractivity contribution in [3.8, 4) is 0 Å². The highest BCUT2D eigenvalue weighted by atomic mass is 19.1. The molecule has 1 aromatic heterocycles. The van der Waals surface area contributed by atoms with E-state index in [4.69, 9.17) is 0 Å². The molecule has 0 amide bonds. The van der Waals surface area contributed by atoms with Crippen LogP contribution in [0.15, 0.2) is 18.3 Å². The van der Waals surface area contributed by atoms with Crippen molar-refractivity contribution < 1.29 is 4.39 Å². The van der Waals surface area contributed by atoms with Crippen LogP contribution in [-0.4, -0.2) is 11.5 Å². The largest absolute Gasteiger partial charge is 0.310 e. The molecule has 1 aliphatic rings. The Labute approximate surface area is 83.6 Å². The van der Waals surface area contributed by atoms with Gasteiger partial charge in [0.05, 0.1) is 0 Å². The average Bonchev–Trinajstić information content (AvgIpc) is 2.47. The van der Waals surface area contributed by atoms with Crippen LogP contribution in [0.25, 0.3) is 0 Å². The van der Waals surface area contributed by atoms with Gasteiger partial charge in [0.15, 0.2) is 0 Å². The Morgan fingerprint density at radius 2 is 2.29 bits per heavy atom. The molecule has 1 unspecified atom stereocenters. The molecule has 1 atom stereocenters. The Morgan fingerprint density at radius 1 is 1.36 bits per heavy atom. The molecule has 1 aliphatic heterocycles. The molecule has 0 saturated carbocycles. The highest BCUT2D eigenvalue weighted by Crippen LogP contribution is 2.23. The molecular formula is C11H15FN2. The third-order valence-electron chi connectivity index (χ3n) is 2.72. The molecule has 2 nitrogen and oxygen atoms in total. The Kier molecular flexibility index (Phi) is 3.09. The quantitative estimate of drug-likeness (QED) is 0.694. The van der Waals surface area contributed by atoms with Gasteiger partial charge in [-0.05, 0) is 25.5 Å². The second kappa shape index (κ2) is 4.51. The van der Waals surface area contributed by atoms with Crippen molar-refractivity contribution in [3.05, 3.63) is 29.8 Å². The monoisotopic (exact) mass is 194 g/mol. The van der Waals surface area contributed by atoms with E-state index in [1.807, 2.05) is 6.07 Å². The standard InChI is InChI=1S/C11H15FN2/c12-11-9(5-4-8-14-11)10-6-2-1-3-7-13-10/h4-5,8,10,13H,1-3,6-7H2. The number of nitrogens with zero attached hydrogens (tertiary/aromatic N) is 1. The number of hydrogen-bond acceptors (Lipinski definition) is 2. The van der Waals surface area contributed by atoms with Crippen LogP contribution in [-0.2, 0) is 0 Å². The van der Waals surface area contributed by atoms with E-state index in [1.54, 1.807) is 6.07 Å². The fourth-order valence-electron chi connectivity index (χ4n) is 1.95. The van der Waals surface area contributed by atoms with Gasteiger partial charge in [-0.1, -0.05) is 18.9 Å². The molecule has 1 fully saturated rings. The average molecular weight is 194 g/mol. The van der Waals surface area contributed by atoms with E-state index in [0.29, 0.717) is 0 Å². The zero-order chi connectivity index (χ0) is 9.80. The second-order valence-corrected chi connectivity index (χ2v) is 3.74. The van der Waals surface area contributed by atoms with Crippen LogP contribution in [0.1, 0.15) is 37.3 Å². The zero-order valence-electron chi connectivity index (χ0n) is 8.17. The van der Waals surface area contributed by atoms with Gasteiger partial charge in [-0.15, -0.1) is 0 Å². The van der Waals surface area contributed by atoms with Crippen LogP contribution in [0.3, 0.4) is 0 Å². The van der Waals surface area contributed by atoms with E-state index in [0.717, 1.165) is 18.5 Å². The van der Waals surface area contributed by atoms with E-state index in [2.05, 4.69) is 10.3 Å². The fourth-order valence-corrected chi connectivity index (χ4v) is 1.95. The number of aromatic nitrogens is 1. The molecule has 76 valence electrons. The maximum absolute atomic E-state index is 13.4. The summed E-state index contributed by atoms with van der Waals surface area (Å²) in [4.78, 5) is 3.68. The van der Waals surface area contributed by atoms with Crippen molar-refractivity contribution >= 4 is 0 Å². The number of halogens is 1. The number of hydrogen-bond donors (Lipinski definition) is 1. The molecule has 3 heteroatoms. The van der Waals surface area contributed by atoms with Crippen LogP contribution in [0, 0.1) is 5.95 Å². The van der Waals surface area contributed by atoms with Crippen LogP contribution in [0.2, 0.25) is 0 Å². The lowest BCUT2D eigenvalue weighted by atomic mass is 10.0. The highest BCUT2D eigenvalue weighted by Gasteiger charge is 2.16. The molecular weight excluding hydrogens is 179 g/mol. The summed E-state index contributed by atoms with van der Waals surface area (Å²) in [6.45, 7) is 0.985. The molecule has 2 rings (SSSR count).